The van der Waals surface area contributed by atoms with Crippen LogP contribution in [0.15, 0.2) is 18.2 Å². The van der Waals surface area contributed by atoms with E-state index in [2.05, 4.69) is 11.8 Å². The second kappa shape index (κ2) is 6.80. The minimum absolute atomic E-state index is 0.135. The van der Waals surface area contributed by atoms with Crippen LogP contribution < -0.4 is 4.74 Å². The summed E-state index contributed by atoms with van der Waals surface area (Å²) in [6.45, 7) is 3.88. The van der Waals surface area contributed by atoms with Crippen molar-refractivity contribution in [1.29, 1.82) is 0 Å². The normalized spacial score (nSPS) is 21.0. The Kier molecular flexibility index (Phi) is 5.07. The number of hydrogen-bond acceptors (Lipinski definition) is 4. The van der Waals surface area contributed by atoms with Gasteiger partial charge in [-0.3, -0.25) is 9.69 Å². The molecule has 1 aromatic carbocycles. The Labute approximate surface area is 125 Å². The van der Waals surface area contributed by atoms with Crippen molar-refractivity contribution >= 4 is 5.97 Å². The monoisotopic (exact) mass is 293 g/mol. The third kappa shape index (κ3) is 3.88. The lowest BCUT2D eigenvalue weighted by Crippen LogP contribution is -2.37. The smallest absolute Gasteiger partial charge is 0.303 e. The SMILES string of the molecule is COc1cc(C(C)N2CCCC(CC(=O)O)C2)ccc1O. The van der Waals surface area contributed by atoms with Gasteiger partial charge < -0.3 is 14.9 Å². The number of benzene rings is 1. The van der Waals surface area contributed by atoms with Gasteiger partial charge in [0.15, 0.2) is 11.5 Å². The molecule has 5 heteroatoms. The van der Waals surface area contributed by atoms with Gasteiger partial charge in [-0.15, -0.1) is 0 Å². The van der Waals surface area contributed by atoms with Crippen LogP contribution in [0.1, 0.15) is 37.8 Å². The first-order chi connectivity index (χ1) is 10.0. The molecular weight excluding hydrogens is 270 g/mol. The van der Waals surface area contributed by atoms with Crippen LogP contribution in [0.2, 0.25) is 0 Å². The Morgan fingerprint density at radius 2 is 2.29 bits per heavy atom. The van der Waals surface area contributed by atoms with Crippen LogP contribution in [-0.4, -0.2) is 41.3 Å². The van der Waals surface area contributed by atoms with Crippen molar-refractivity contribution in [2.24, 2.45) is 5.92 Å². The highest BCUT2D eigenvalue weighted by atomic mass is 16.5. The summed E-state index contributed by atoms with van der Waals surface area (Å²) in [7, 11) is 1.54. The fourth-order valence-electron chi connectivity index (χ4n) is 3.03. The topological polar surface area (TPSA) is 70.0 Å². The summed E-state index contributed by atoms with van der Waals surface area (Å²) in [5.74, 6) is 0.104. The Balaban J connectivity index is 2.08. The summed E-state index contributed by atoms with van der Waals surface area (Å²) in [5.41, 5.74) is 1.07. The molecule has 1 heterocycles. The van der Waals surface area contributed by atoms with Crippen molar-refractivity contribution in [3.8, 4) is 11.5 Å². The number of rotatable bonds is 5. The number of carboxylic acid groups (broad SMARTS) is 1. The fraction of sp³-hybridized carbons (Fsp3) is 0.562. The van der Waals surface area contributed by atoms with E-state index >= 15 is 0 Å². The molecular formula is C16H23NO4. The minimum Gasteiger partial charge on any atom is -0.504 e. The highest BCUT2D eigenvalue weighted by Crippen LogP contribution is 2.33. The van der Waals surface area contributed by atoms with Gasteiger partial charge in [0.1, 0.15) is 0 Å². The van der Waals surface area contributed by atoms with Crippen molar-refractivity contribution in [3.63, 3.8) is 0 Å². The Morgan fingerprint density at radius 3 is 2.95 bits per heavy atom. The number of hydrogen-bond donors (Lipinski definition) is 2. The molecule has 5 nitrogen and oxygen atoms in total. The molecule has 0 spiro atoms. The summed E-state index contributed by atoms with van der Waals surface area (Å²) >= 11 is 0. The predicted octanol–water partition coefficient (Wildman–Crippen LogP) is 2.65. The quantitative estimate of drug-likeness (QED) is 0.873. The lowest BCUT2D eigenvalue weighted by atomic mass is 9.92. The molecule has 1 aromatic rings. The standard InChI is InChI=1S/C16H23NO4/c1-11(13-5-6-14(18)15(9-13)21-2)17-7-3-4-12(10-17)8-16(19)20/h5-6,9,11-12,18H,3-4,7-8,10H2,1-2H3,(H,19,20). The molecule has 21 heavy (non-hydrogen) atoms. The lowest BCUT2D eigenvalue weighted by Gasteiger charge is -2.36. The summed E-state index contributed by atoms with van der Waals surface area (Å²) in [5, 5.41) is 18.6. The molecule has 2 rings (SSSR count). The second-order valence-corrected chi connectivity index (χ2v) is 5.71. The van der Waals surface area contributed by atoms with E-state index in [0.29, 0.717) is 5.75 Å². The van der Waals surface area contributed by atoms with Crippen molar-refractivity contribution in [1.82, 2.24) is 4.90 Å². The number of aromatic hydroxyl groups is 1. The molecule has 0 saturated carbocycles. The first kappa shape index (κ1) is 15.6. The van der Waals surface area contributed by atoms with Gasteiger partial charge in [0.05, 0.1) is 7.11 Å². The van der Waals surface area contributed by atoms with Gasteiger partial charge in [-0.1, -0.05) is 6.07 Å². The number of phenols is 1. The summed E-state index contributed by atoms with van der Waals surface area (Å²) < 4.78 is 5.15. The minimum atomic E-state index is -0.721. The zero-order chi connectivity index (χ0) is 15.4. The Morgan fingerprint density at radius 1 is 1.52 bits per heavy atom. The molecule has 2 N–H and O–H groups in total. The summed E-state index contributed by atoms with van der Waals surface area (Å²) in [6.07, 6.45) is 2.24. The van der Waals surface area contributed by atoms with Gasteiger partial charge in [-0.25, -0.2) is 0 Å². The van der Waals surface area contributed by atoms with Gasteiger partial charge in [0.2, 0.25) is 0 Å². The molecule has 1 aliphatic heterocycles. The van der Waals surface area contributed by atoms with E-state index in [1.165, 1.54) is 7.11 Å². The molecule has 1 saturated heterocycles. The maximum atomic E-state index is 10.9. The third-order valence-corrected chi connectivity index (χ3v) is 4.25. The van der Waals surface area contributed by atoms with E-state index in [0.717, 1.165) is 31.5 Å². The van der Waals surface area contributed by atoms with E-state index in [4.69, 9.17) is 9.84 Å². The van der Waals surface area contributed by atoms with E-state index in [-0.39, 0.29) is 24.1 Å². The number of carboxylic acids is 1. The van der Waals surface area contributed by atoms with E-state index in [1.54, 1.807) is 6.07 Å². The van der Waals surface area contributed by atoms with Crippen LogP contribution in [0.4, 0.5) is 0 Å². The van der Waals surface area contributed by atoms with Crippen LogP contribution in [-0.2, 0) is 4.79 Å². The Hall–Kier alpha value is -1.75. The zero-order valence-electron chi connectivity index (χ0n) is 12.6. The first-order valence-electron chi connectivity index (χ1n) is 7.34. The molecule has 0 aromatic heterocycles. The van der Waals surface area contributed by atoms with Crippen LogP contribution in [0.5, 0.6) is 11.5 Å². The van der Waals surface area contributed by atoms with Crippen molar-refractivity contribution in [2.75, 3.05) is 20.2 Å². The molecule has 116 valence electrons. The molecule has 2 unspecified atom stereocenters. The molecule has 2 atom stereocenters. The molecule has 0 amide bonds. The average molecular weight is 293 g/mol. The molecule has 0 radical (unpaired) electrons. The predicted molar refractivity (Wildman–Crippen MR) is 79.6 cm³/mol. The highest BCUT2D eigenvalue weighted by molar-refractivity contribution is 5.67. The number of likely N-dealkylation sites (tertiary alicyclic amines) is 1. The molecule has 1 aliphatic rings. The number of methoxy groups -OCH3 is 1. The average Bonchev–Trinajstić information content (AvgIpc) is 2.46. The van der Waals surface area contributed by atoms with Crippen LogP contribution in [0, 0.1) is 5.92 Å². The number of aliphatic carboxylic acids is 1. The number of nitrogens with zero attached hydrogens (tertiary/aromatic N) is 1. The maximum absolute atomic E-state index is 10.9. The second-order valence-electron chi connectivity index (χ2n) is 5.71. The molecule has 1 fully saturated rings. The molecule has 0 aliphatic carbocycles. The van der Waals surface area contributed by atoms with Crippen molar-refractivity contribution in [3.05, 3.63) is 23.8 Å². The van der Waals surface area contributed by atoms with Gasteiger partial charge in [0.25, 0.3) is 0 Å². The number of ether oxygens (including phenoxy) is 1. The number of piperidine rings is 1. The van der Waals surface area contributed by atoms with E-state index < -0.39 is 5.97 Å². The molecule has 0 bridgehead atoms. The van der Waals surface area contributed by atoms with E-state index in [1.807, 2.05) is 12.1 Å². The third-order valence-electron chi connectivity index (χ3n) is 4.25. The maximum Gasteiger partial charge on any atom is 0.303 e. The van der Waals surface area contributed by atoms with Crippen molar-refractivity contribution in [2.45, 2.75) is 32.2 Å². The van der Waals surface area contributed by atoms with Crippen LogP contribution in [0.25, 0.3) is 0 Å². The Bertz CT molecular complexity index is 503. The first-order valence-corrected chi connectivity index (χ1v) is 7.34. The lowest BCUT2D eigenvalue weighted by molar-refractivity contribution is -0.138. The van der Waals surface area contributed by atoms with Gasteiger partial charge >= 0.3 is 5.97 Å². The van der Waals surface area contributed by atoms with Gasteiger partial charge in [-0.05, 0) is 49.9 Å². The van der Waals surface area contributed by atoms with Crippen molar-refractivity contribution < 1.29 is 19.7 Å². The summed E-state index contributed by atoms with van der Waals surface area (Å²) in [6, 6.07) is 5.56. The largest absolute Gasteiger partial charge is 0.504 e. The van der Waals surface area contributed by atoms with Gasteiger partial charge in [-0.2, -0.15) is 0 Å². The van der Waals surface area contributed by atoms with Crippen LogP contribution in [0.3, 0.4) is 0 Å². The summed E-state index contributed by atoms with van der Waals surface area (Å²) in [4.78, 5) is 13.2. The number of phenolic OH excluding ortho intramolecular Hbond substituents is 1. The highest BCUT2D eigenvalue weighted by Gasteiger charge is 2.26. The number of carbonyl (C=O) groups is 1. The van der Waals surface area contributed by atoms with Crippen LogP contribution >= 0.6 is 0 Å². The van der Waals surface area contributed by atoms with Gasteiger partial charge in [0, 0.05) is 19.0 Å². The zero-order valence-corrected chi connectivity index (χ0v) is 12.6. The van der Waals surface area contributed by atoms with E-state index in [9.17, 15) is 9.90 Å². The fourth-order valence-corrected chi connectivity index (χ4v) is 3.03.